The number of amides is 1. The van der Waals surface area contributed by atoms with E-state index >= 15 is 0 Å². The van der Waals surface area contributed by atoms with E-state index in [0.29, 0.717) is 25.9 Å². The maximum atomic E-state index is 11.9. The van der Waals surface area contributed by atoms with Gasteiger partial charge in [0.1, 0.15) is 0 Å². The van der Waals surface area contributed by atoms with Crippen molar-refractivity contribution in [2.24, 2.45) is 0 Å². The predicted octanol–water partition coefficient (Wildman–Crippen LogP) is 0.271. The second kappa shape index (κ2) is 5.48. The number of pyridine rings is 1. The minimum absolute atomic E-state index is 0.0294. The first-order chi connectivity index (χ1) is 8.57. The van der Waals surface area contributed by atoms with Crippen LogP contribution in [-0.2, 0) is 21.1 Å². The summed E-state index contributed by atoms with van der Waals surface area (Å²) in [5.41, 5.74) is 1.07. The molecule has 0 atom stereocenters. The molecule has 1 aromatic rings. The molecule has 1 aromatic heterocycles. The summed E-state index contributed by atoms with van der Waals surface area (Å²) in [6, 6.07) is 3.77. The van der Waals surface area contributed by atoms with Gasteiger partial charge in [0.05, 0.1) is 11.5 Å². The first kappa shape index (κ1) is 13.0. The Morgan fingerprint density at radius 3 is 2.44 bits per heavy atom. The second-order valence-corrected chi connectivity index (χ2v) is 6.69. The molecule has 5 nitrogen and oxygen atoms in total. The first-order valence-electron chi connectivity index (χ1n) is 5.94. The molecule has 2 rings (SSSR count). The van der Waals surface area contributed by atoms with E-state index in [2.05, 4.69) is 4.98 Å². The number of nitrogens with zero attached hydrogens (tertiary/aromatic N) is 2. The van der Waals surface area contributed by atoms with Crippen molar-refractivity contribution in [1.29, 1.82) is 0 Å². The lowest BCUT2D eigenvalue weighted by Gasteiger charge is -2.26. The van der Waals surface area contributed by atoms with Gasteiger partial charge in [0.25, 0.3) is 0 Å². The highest BCUT2D eigenvalue weighted by atomic mass is 32.2. The average molecular weight is 268 g/mol. The van der Waals surface area contributed by atoms with Gasteiger partial charge in [0, 0.05) is 31.9 Å². The summed E-state index contributed by atoms with van der Waals surface area (Å²) >= 11 is 0. The molecule has 1 fully saturated rings. The molecular weight excluding hydrogens is 252 g/mol. The third-order valence-corrected chi connectivity index (χ3v) is 4.68. The molecule has 98 valence electrons. The first-order valence-corrected chi connectivity index (χ1v) is 7.76. The molecule has 0 radical (unpaired) electrons. The van der Waals surface area contributed by atoms with Crippen LogP contribution in [0.5, 0.6) is 0 Å². The molecule has 6 heteroatoms. The molecule has 0 aliphatic carbocycles. The van der Waals surface area contributed by atoms with Crippen molar-refractivity contribution in [2.45, 2.75) is 12.8 Å². The zero-order valence-electron chi connectivity index (χ0n) is 10.1. The molecule has 0 unspecified atom stereocenters. The Balaban J connectivity index is 1.83. The molecule has 0 N–H and O–H groups in total. The number of carbonyl (C=O) groups excluding carboxylic acids is 1. The van der Waals surface area contributed by atoms with Crippen LogP contribution in [0.25, 0.3) is 0 Å². The fourth-order valence-electron chi connectivity index (χ4n) is 1.92. The van der Waals surface area contributed by atoms with Gasteiger partial charge in [-0.3, -0.25) is 9.78 Å². The number of rotatable bonds is 3. The molecule has 0 aromatic carbocycles. The molecule has 18 heavy (non-hydrogen) atoms. The molecule has 1 amide bonds. The zero-order valence-corrected chi connectivity index (χ0v) is 10.9. The third kappa shape index (κ3) is 3.53. The normalized spacial score (nSPS) is 18.6. The Hall–Kier alpha value is -1.43. The van der Waals surface area contributed by atoms with Crippen molar-refractivity contribution >= 4 is 15.7 Å². The van der Waals surface area contributed by atoms with Gasteiger partial charge < -0.3 is 4.90 Å². The molecular formula is C12H16N2O3S. The molecule has 1 aliphatic rings. The van der Waals surface area contributed by atoms with E-state index in [0.717, 1.165) is 5.56 Å². The molecule has 1 aliphatic heterocycles. The Labute approximate surface area is 107 Å². The van der Waals surface area contributed by atoms with Crippen molar-refractivity contribution in [3.63, 3.8) is 0 Å². The summed E-state index contributed by atoms with van der Waals surface area (Å²) in [4.78, 5) is 17.5. The molecule has 1 saturated heterocycles. The highest BCUT2D eigenvalue weighted by Gasteiger charge is 2.24. The average Bonchev–Trinajstić information content (AvgIpc) is 2.37. The molecule has 0 spiro atoms. The van der Waals surface area contributed by atoms with E-state index in [9.17, 15) is 13.2 Å². The van der Waals surface area contributed by atoms with Gasteiger partial charge in [-0.25, -0.2) is 8.42 Å². The summed E-state index contributed by atoms with van der Waals surface area (Å²) in [5, 5.41) is 0. The Bertz CT molecular complexity index is 499. The lowest BCUT2D eigenvalue weighted by Crippen LogP contribution is -2.43. The van der Waals surface area contributed by atoms with Gasteiger partial charge in [0.15, 0.2) is 9.84 Å². The van der Waals surface area contributed by atoms with E-state index in [1.807, 2.05) is 12.1 Å². The van der Waals surface area contributed by atoms with E-state index in [1.54, 1.807) is 17.3 Å². The van der Waals surface area contributed by atoms with Crippen LogP contribution in [-0.4, -0.2) is 48.8 Å². The van der Waals surface area contributed by atoms with Crippen molar-refractivity contribution in [3.05, 3.63) is 30.1 Å². The fraction of sp³-hybridized carbons (Fsp3) is 0.500. The Kier molecular flexibility index (Phi) is 3.96. The number of hydrogen-bond acceptors (Lipinski definition) is 4. The van der Waals surface area contributed by atoms with Crippen molar-refractivity contribution in [2.75, 3.05) is 24.6 Å². The largest absolute Gasteiger partial charge is 0.341 e. The number of hydrogen-bond donors (Lipinski definition) is 0. The van der Waals surface area contributed by atoms with Gasteiger partial charge in [-0.15, -0.1) is 0 Å². The minimum atomic E-state index is -2.92. The van der Waals surface area contributed by atoms with E-state index in [1.165, 1.54) is 0 Å². The maximum absolute atomic E-state index is 11.9. The number of aryl methyl sites for hydroxylation is 1. The highest BCUT2D eigenvalue weighted by Crippen LogP contribution is 2.08. The van der Waals surface area contributed by atoms with Gasteiger partial charge in [0.2, 0.25) is 5.91 Å². The van der Waals surface area contributed by atoms with Gasteiger partial charge >= 0.3 is 0 Å². The van der Waals surface area contributed by atoms with Crippen LogP contribution in [0.2, 0.25) is 0 Å². The van der Waals surface area contributed by atoms with Crippen LogP contribution in [0, 0.1) is 0 Å². The minimum Gasteiger partial charge on any atom is -0.341 e. The second-order valence-electron chi connectivity index (χ2n) is 4.39. The van der Waals surface area contributed by atoms with E-state index < -0.39 is 9.84 Å². The summed E-state index contributed by atoms with van der Waals surface area (Å²) < 4.78 is 22.5. The van der Waals surface area contributed by atoms with Crippen molar-refractivity contribution in [1.82, 2.24) is 9.88 Å². The number of aromatic nitrogens is 1. The zero-order chi connectivity index (χ0) is 13.0. The van der Waals surface area contributed by atoms with Crippen molar-refractivity contribution < 1.29 is 13.2 Å². The van der Waals surface area contributed by atoms with Crippen LogP contribution in [0.15, 0.2) is 24.5 Å². The topological polar surface area (TPSA) is 67.3 Å². The molecule has 2 heterocycles. The standard InChI is InChI=1S/C12H16N2O3S/c15-12(2-1-11-3-5-13-6-4-11)14-7-9-18(16,17)10-8-14/h3-6H,1-2,7-10H2. The lowest BCUT2D eigenvalue weighted by atomic mass is 10.1. The lowest BCUT2D eigenvalue weighted by molar-refractivity contribution is -0.130. The maximum Gasteiger partial charge on any atom is 0.222 e. The van der Waals surface area contributed by atoms with Crippen LogP contribution in [0.3, 0.4) is 0 Å². The monoisotopic (exact) mass is 268 g/mol. The van der Waals surface area contributed by atoms with Crippen LogP contribution >= 0.6 is 0 Å². The Morgan fingerprint density at radius 1 is 1.22 bits per heavy atom. The van der Waals surface area contributed by atoms with Crippen molar-refractivity contribution in [3.8, 4) is 0 Å². The molecule has 0 saturated carbocycles. The highest BCUT2D eigenvalue weighted by molar-refractivity contribution is 7.91. The number of sulfone groups is 1. The summed E-state index contributed by atoms with van der Waals surface area (Å²) in [6.45, 7) is 0.662. The van der Waals surface area contributed by atoms with Gasteiger partial charge in [-0.2, -0.15) is 0 Å². The van der Waals surface area contributed by atoms with Gasteiger partial charge in [-0.1, -0.05) is 0 Å². The Morgan fingerprint density at radius 2 is 1.83 bits per heavy atom. The quantitative estimate of drug-likeness (QED) is 0.789. The predicted molar refractivity (Wildman–Crippen MR) is 67.8 cm³/mol. The van der Waals surface area contributed by atoms with Crippen LogP contribution in [0.1, 0.15) is 12.0 Å². The van der Waals surface area contributed by atoms with E-state index in [-0.39, 0.29) is 17.4 Å². The van der Waals surface area contributed by atoms with Crippen LogP contribution < -0.4 is 0 Å². The van der Waals surface area contributed by atoms with Gasteiger partial charge in [-0.05, 0) is 24.1 Å². The summed E-state index contributed by atoms with van der Waals surface area (Å²) in [5.74, 6) is 0.212. The number of carbonyl (C=O) groups is 1. The third-order valence-electron chi connectivity index (χ3n) is 3.07. The summed E-state index contributed by atoms with van der Waals surface area (Å²) in [7, 11) is -2.92. The SMILES string of the molecule is O=C(CCc1ccncc1)N1CCS(=O)(=O)CC1. The smallest absolute Gasteiger partial charge is 0.222 e. The van der Waals surface area contributed by atoms with Crippen LogP contribution in [0.4, 0.5) is 0 Å². The fourth-order valence-corrected chi connectivity index (χ4v) is 3.12. The summed E-state index contributed by atoms with van der Waals surface area (Å²) in [6.07, 6.45) is 4.50. The van der Waals surface area contributed by atoms with E-state index in [4.69, 9.17) is 0 Å². The molecule has 0 bridgehead atoms.